The van der Waals surface area contributed by atoms with Gasteiger partial charge in [-0.2, -0.15) is 0 Å². The second kappa shape index (κ2) is 8.53. The summed E-state index contributed by atoms with van der Waals surface area (Å²) in [6, 6.07) is 12.6. The van der Waals surface area contributed by atoms with Gasteiger partial charge in [-0.15, -0.1) is 0 Å². The van der Waals surface area contributed by atoms with Gasteiger partial charge in [0.25, 0.3) is 0 Å². The summed E-state index contributed by atoms with van der Waals surface area (Å²) in [5.41, 5.74) is 3.05. The summed E-state index contributed by atoms with van der Waals surface area (Å²) >= 11 is 6.04. The Kier molecular flexibility index (Phi) is 6.42. The van der Waals surface area contributed by atoms with Crippen molar-refractivity contribution in [2.45, 2.75) is 20.8 Å². The molecule has 0 atom stereocenters. The van der Waals surface area contributed by atoms with E-state index >= 15 is 0 Å². The number of benzene rings is 2. The maximum Gasteiger partial charge on any atom is 0.243 e. The minimum absolute atomic E-state index is 0.0306. The van der Waals surface area contributed by atoms with Crippen LogP contribution in [0.4, 0.5) is 17.1 Å². The van der Waals surface area contributed by atoms with Gasteiger partial charge in [0, 0.05) is 28.0 Å². The number of nitrogens with one attached hydrogen (secondary N) is 3. The van der Waals surface area contributed by atoms with Crippen molar-refractivity contribution in [1.82, 2.24) is 0 Å². The second-order valence-corrected chi connectivity index (χ2v) is 6.44. The van der Waals surface area contributed by atoms with Gasteiger partial charge in [-0.25, -0.2) is 0 Å². The predicted molar refractivity (Wildman–Crippen MR) is 103 cm³/mol. The molecule has 0 bridgehead atoms. The first-order valence-electron chi connectivity index (χ1n) is 8.06. The van der Waals surface area contributed by atoms with Crippen molar-refractivity contribution >= 4 is 40.5 Å². The molecule has 132 valence electrons. The molecule has 5 nitrogen and oxygen atoms in total. The summed E-state index contributed by atoms with van der Waals surface area (Å²) in [5, 5.41) is 9.31. The van der Waals surface area contributed by atoms with Crippen LogP contribution < -0.4 is 16.0 Å². The fourth-order valence-electron chi connectivity index (χ4n) is 2.08. The van der Waals surface area contributed by atoms with Gasteiger partial charge in [-0.1, -0.05) is 31.5 Å². The first-order valence-corrected chi connectivity index (χ1v) is 8.44. The predicted octanol–water partition coefficient (Wildman–Crippen LogP) is 4.29. The molecule has 0 aliphatic carbocycles. The lowest BCUT2D eigenvalue weighted by Crippen LogP contribution is -2.22. The highest BCUT2D eigenvalue weighted by Crippen LogP contribution is 2.22. The maximum absolute atomic E-state index is 12.1. The van der Waals surface area contributed by atoms with E-state index in [-0.39, 0.29) is 24.3 Å². The van der Waals surface area contributed by atoms with Gasteiger partial charge < -0.3 is 16.0 Å². The second-order valence-electron chi connectivity index (χ2n) is 6.04. The van der Waals surface area contributed by atoms with E-state index in [9.17, 15) is 9.59 Å². The molecule has 0 aliphatic heterocycles. The average Bonchev–Trinajstić information content (AvgIpc) is 2.58. The molecule has 2 amide bonds. The molecule has 2 aromatic rings. The van der Waals surface area contributed by atoms with Gasteiger partial charge in [0.2, 0.25) is 11.8 Å². The smallest absolute Gasteiger partial charge is 0.243 e. The van der Waals surface area contributed by atoms with E-state index in [2.05, 4.69) is 16.0 Å². The largest absolute Gasteiger partial charge is 0.376 e. The van der Waals surface area contributed by atoms with E-state index < -0.39 is 0 Å². The van der Waals surface area contributed by atoms with Crippen molar-refractivity contribution in [2.75, 3.05) is 22.5 Å². The van der Waals surface area contributed by atoms with Crippen molar-refractivity contribution in [1.29, 1.82) is 0 Å². The Morgan fingerprint density at radius 1 is 1.00 bits per heavy atom. The van der Waals surface area contributed by atoms with E-state index in [0.717, 1.165) is 16.9 Å². The summed E-state index contributed by atoms with van der Waals surface area (Å²) in [6.07, 6.45) is 0. The van der Waals surface area contributed by atoms with Crippen LogP contribution >= 0.6 is 11.6 Å². The van der Waals surface area contributed by atoms with Crippen LogP contribution in [0.15, 0.2) is 42.5 Å². The molecular weight excluding hydrogens is 338 g/mol. The van der Waals surface area contributed by atoms with Gasteiger partial charge in [0.15, 0.2) is 0 Å². The number of hydrogen-bond donors (Lipinski definition) is 3. The quantitative estimate of drug-likeness (QED) is 0.720. The monoisotopic (exact) mass is 359 g/mol. The zero-order valence-electron chi connectivity index (χ0n) is 14.5. The highest BCUT2D eigenvalue weighted by atomic mass is 35.5. The van der Waals surface area contributed by atoms with E-state index in [1.165, 1.54) is 0 Å². The Balaban J connectivity index is 1.87. The van der Waals surface area contributed by atoms with Crippen LogP contribution in [-0.2, 0) is 9.59 Å². The van der Waals surface area contributed by atoms with Crippen molar-refractivity contribution in [3.8, 4) is 0 Å². The Bertz CT molecular complexity index is 758. The van der Waals surface area contributed by atoms with Gasteiger partial charge in [-0.3, -0.25) is 9.59 Å². The molecular formula is C19H22ClN3O2. The van der Waals surface area contributed by atoms with E-state index in [1.807, 2.05) is 39.0 Å². The molecule has 0 aliphatic rings. The van der Waals surface area contributed by atoms with Crippen molar-refractivity contribution in [2.24, 2.45) is 5.92 Å². The van der Waals surface area contributed by atoms with Gasteiger partial charge in [0.1, 0.15) is 0 Å². The van der Waals surface area contributed by atoms with Crippen LogP contribution in [0.3, 0.4) is 0 Å². The molecule has 2 rings (SSSR count). The number of rotatable bonds is 6. The molecule has 0 saturated carbocycles. The normalized spacial score (nSPS) is 10.4. The summed E-state index contributed by atoms with van der Waals surface area (Å²) in [5.74, 6) is -0.268. The minimum atomic E-state index is -0.164. The number of amides is 2. The van der Waals surface area contributed by atoms with Crippen LogP contribution in [0.5, 0.6) is 0 Å². The number of hydrogen-bond acceptors (Lipinski definition) is 3. The summed E-state index contributed by atoms with van der Waals surface area (Å²) < 4.78 is 0. The first-order chi connectivity index (χ1) is 11.9. The lowest BCUT2D eigenvalue weighted by Gasteiger charge is -2.11. The molecule has 6 heteroatoms. The zero-order chi connectivity index (χ0) is 18.4. The summed E-state index contributed by atoms with van der Waals surface area (Å²) in [6.45, 7) is 5.66. The first kappa shape index (κ1) is 18.8. The Hall–Kier alpha value is -2.53. The molecule has 0 heterocycles. The summed E-state index contributed by atoms with van der Waals surface area (Å²) in [4.78, 5) is 23.7. The Morgan fingerprint density at radius 2 is 1.64 bits per heavy atom. The van der Waals surface area contributed by atoms with E-state index in [1.54, 1.807) is 24.3 Å². The van der Waals surface area contributed by atoms with Gasteiger partial charge in [-0.05, 0) is 48.9 Å². The van der Waals surface area contributed by atoms with E-state index in [0.29, 0.717) is 10.7 Å². The van der Waals surface area contributed by atoms with E-state index in [4.69, 9.17) is 11.6 Å². The molecule has 0 spiro atoms. The number of carbonyl (C=O) groups is 2. The number of anilines is 3. The fraction of sp³-hybridized carbons (Fsp3) is 0.263. The Morgan fingerprint density at radius 3 is 2.28 bits per heavy atom. The fourth-order valence-corrected chi connectivity index (χ4v) is 2.25. The third kappa shape index (κ3) is 5.50. The van der Waals surface area contributed by atoms with Crippen molar-refractivity contribution in [3.05, 3.63) is 53.1 Å². The molecule has 0 fully saturated rings. The molecule has 0 unspecified atom stereocenters. The highest BCUT2D eigenvalue weighted by Gasteiger charge is 2.08. The standard InChI is InChI=1S/C19H22ClN3O2/c1-12(2)19(25)22-15-9-7-14(8-10-15)21-11-18(24)23-17-6-4-5-16(20)13(17)3/h4-10,12,21H,11H2,1-3H3,(H,22,25)(H,23,24). The molecule has 3 N–H and O–H groups in total. The Labute approximate surface area is 152 Å². The minimum Gasteiger partial charge on any atom is -0.376 e. The topological polar surface area (TPSA) is 70.2 Å². The van der Waals surface area contributed by atoms with Crippen molar-refractivity contribution < 1.29 is 9.59 Å². The van der Waals surface area contributed by atoms with Gasteiger partial charge in [0.05, 0.1) is 6.54 Å². The number of carbonyl (C=O) groups excluding carboxylic acids is 2. The average molecular weight is 360 g/mol. The van der Waals surface area contributed by atoms with Crippen molar-refractivity contribution in [3.63, 3.8) is 0 Å². The van der Waals surface area contributed by atoms with Crippen LogP contribution in [-0.4, -0.2) is 18.4 Å². The molecule has 0 aromatic heterocycles. The lowest BCUT2D eigenvalue weighted by molar-refractivity contribution is -0.119. The highest BCUT2D eigenvalue weighted by molar-refractivity contribution is 6.31. The summed E-state index contributed by atoms with van der Waals surface area (Å²) in [7, 11) is 0. The van der Waals surface area contributed by atoms with Crippen LogP contribution in [0.25, 0.3) is 0 Å². The SMILES string of the molecule is Cc1c(Cl)cccc1NC(=O)CNc1ccc(NC(=O)C(C)C)cc1. The molecule has 2 aromatic carbocycles. The third-order valence-corrected chi connectivity index (χ3v) is 4.08. The zero-order valence-corrected chi connectivity index (χ0v) is 15.3. The van der Waals surface area contributed by atoms with Crippen LogP contribution in [0.1, 0.15) is 19.4 Å². The van der Waals surface area contributed by atoms with Gasteiger partial charge >= 0.3 is 0 Å². The van der Waals surface area contributed by atoms with Crippen LogP contribution in [0.2, 0.25) is 5.02 Å². The number of halogens is 1. The maximum atomic E-state index is 12.1. The third-order valence-electron chi connectivity index (χ3n) is 3.67. The molecule has 0 radical (unpaired) electrons. The van der Waals surface area contributed by atoms with Crippen LogP contribution in [0, 0.1) is 12.8 Å². The lowest BCUT2D eigenvalue weighted by atomic mass is 10.2. The molecule has 0 saturated heterocycles. The molecule has 25 heavy (non-hydrogen) atoms.